The van der Waals surface area contributed by atoms with Crippen molar-refractivity contribution < 1.29 is 4.79 Å². The van der Waals surface area contributed by atoms with E-state index in [-0.39, 0.29) is 5.91 Å². The molecule has 0 spiro atoms. The van der Waals surface area contributed by atoms with Gasteiger partial charge in [0.2, 0.25) is 0 Å². The van der Waals surface area contributed by atoms with Crippen molar-refractivity contribution in [3.05, 3.63) is 64.5 Å². The van der Waals surface area contributed by atoms with Crippen LogP contribution in [0.15, 0.2) is 54.6 Å². The minimum atomic E-state index is -0.00217. The van der Waals surface area contributed by atoms with Crippen LogP contribution in [-0.4, -0.2) is 46.6 Å². The Bertz CT molecular complexity index is 889. The van der Waals surface area contributed by atoms with E-state index >= 15 is 0 Å². The first-order chi connectivity index (χ1) is 12.7. The standard InChI is InChI=1S/C19H17ClN4OS/c20-15-8-6-14(7-9-15)17-18(26-22-21-17)19(25)24-12-10-23(11-13-24)16-4-2-1-3-5-16/h1-9H,10-13H2. The molecule has 1 fully saturated rings. The summed E-state index contributed by atoms with van der Waals surface area (Å²) < 4.78 is 4.00. The predicted octanol–water partition coefficient (Wildman–Crippen LogP) is 3.82. The number of amides is 1. The fourth-order valence-corrected chi connectivity index (χ4v) is 3.86. The third-order valence-corrected chi connectivity index (χ3v) is 5.45. The zero-order valence-corrected chi connectivity index (χ0v) is 15.6. The fourth-order valence-electron chi connectivity index (χ4n) is 3.08. The molecular formula is C19H17ClN4OS. The van der Waals surface area contributed by atoms with Crippen molar-refractivity contribution in [3.8, 4) is 11.3 Å². The first kappa shape index (κ1) is 17.0. The third kappa shape index (κ3) is 3.43. The van der Waals surface area contributed by atoms with Gasteiger partial charge in [0.1, 0.15) is 10.6 Å². The van der Waals surface area contributed by atoms with Crippen molar-refractivity contribution in [2.75, 3.05) is 31.1 Å². The Balaban J connectivity index is 1.48. The molecule has 0 bridgehead atoms. The Morgan fingerprint density at radius 1 is 0.962 bits per heavy atom. The number of nitrogens with zero attached hydrogens (tertiary/aromatic N) is 4. The molecule has 0 aliphatic carbocycles. The van der Waals surface area contributed by atoms with Crippen molar-refractivity contribution in [3.63, 3.8) is 0 Å². The topological polar surface area (TPSA) is 49.3 Å². The Morgan fingerprint density at radius 2 is 1.65 bits per heavy atom. The highest BCUT2D eigenvalue weighted by atomic mass is 35.5. The monoisotopic (exact) mass is 384 g/mol. The predicted molar refractivity (Wildman–Crippen MR) is 105 cm³/mol. The lowest BCUT2D eigenvalue weighted by Gasteiger charge is -2.36. The second-order valence-electron chi connectivity index (χ2n) is 6.07. The summed E-state index contributed by atoms with van der Waals surface area (Å²) in [6.45, 7) is 3.01. The molecule has 2 heterocycles. The van der Waals surface area contributed by atoms with Crippen LogP contribution in [0.3, 0.4) is 0 Å². The molecule has 1 aromatic heterocycles. The Kier molecular flexibility index (Phi) is 4.86. The molecule has 1 aliphatic rings. The van der Waals surface area contributed by atoms with E-state index in [1.807, 2.05) is 35.2 Å². The maximum atomic E-state index is 13.0. The van der Waals surface area contributed by atoms with Gasteiger partial charge in [-0.25, -0.2) is 0 Å². The summed E-state index contributed by atoms with van der Waals surface area (Å²) in [6, 6.07) is 17.6. The Labute approximate surface area is 161 Å². The number of para-hydroxylation sites is 1. The van der Waals surface area contributed by atoms with Crippen LogP contribution in [0.1, 0.15) is 9.67 Å². The summed E-state index contributed by atoms with van der Waals surface area (Å²) in [7, 11) is 0. The highest BCUT2D eigenvalue weighted by Gasteiger charge is 2.26. The first-order valence-electron chi connectivity index (χ1n) is 8.40. The molecule has 2 aromatic carbocycles. The lowest BCUT2D eigenvalue weighted by atomic mass is 10.1. The Morgan fingerprint density at radius 3 is 2.35 bits per heavy atom. The van der Waals surface area contributed by atoms with Crippen LogP contribution in [0.4, 0.5) is 5.69 Å². The van der Waals surface area contributed by atoms with Crippen LogP contribution in [-0.2, 0) is 0 Å². The molecule has 4 rings (SSSR count). The molecule has 7 heteroatoms. The summed E-state index contributed by atoms with van der Waals surface area (Å²) in [6.07, 6.45) is 0. The maximum absolute atomic E-state index is 13.0. The van der Waals surface area contributed by atoms with Gasteiger partial charge in [0.15, 0.2) is 0 Å². The molecular weight excluding hydrogens is 368 g/mol. The first-order valence-corrected chi connectivity index (χ1v) is 9.55. The number of hydrogen-bond donors (Lipinski definition) is 0. The van der Waals surface area contributed by atoms with E-state index in [0.717, 1.165) is 30.2 Å². The van der Waals surface area contributed by atoms with E-state index in [4.69, 9.17) is 11.6 Å². The molecule has 1 saturated heterocycles. The summed E-state index contributed by atoms with van der Waals surface area (Å²) in [5, 5.41) is 4.82. The molecule has 0 radical (unpaired) electrons. The number of benzene rings is 2. The molecule has 0 N–H and O–H groups in total. The van der Waals surface area contributed by atoms with Gasteiger partial charge >= 0.3 is 0 Å². The molecule has 0 unspecified atom stereocenters. The van der Waals surface area contributed by atoms with Gasteiger partial charge in [-0.05, 0) is 35.8 Å². The Hall–Kier alpha value is -2.44. The van der Waals surface area contributed by atoms with E-state index in [9.17, 15) is 4.79 Å². The zero-order valence-electron chi connectivity index (χ0n) is 14.0. The number of carbonyl (C=O) groups is 1. The van der Waals surface area contributed by atoms with Crippen LogP contribution in [0.25, 0.3) is 11.3 Å². The van der Waals surface area contributed by atoms with Crippen LogP contribution >= 0.6 is 23.1 Å². The molecule has 0 saturated carbocycles. The van der Waals surface area contributed by atoms with Crippen LogP contribution in [0, 0.1) is 0 Å². The van der Waals surface area contributed by atoms with Crippen molar-refractivity contribution >= 4 is 34.7 Å². The van der Waals surface area contributed by atoms with Gasteiger partial charge in [-0.1, -0.05) is 46.4 Å². The second-order valence-corrected chi connectivity index (χ2v) is 7.26. The molecule has 1 aliphatic heterocycles. The number of carbonyl (C=O) groups excluding carboxylic acids is 1. The van der Waals surface area contributed by atoms with Crippen molar-refractivity contribution in [1.29, 1.82) is 0 Å². The normalized spacial score (nSPS) is 14.5. The zero-order chi connectivity index (χ0) is 17.9. The number of rotatable bonds is 3. The largest absolute Gasteiger partial charge is 0.368 e. The van der Waals surface area contributed by atoms with Gasteiger partial charge in [-0.2, -0.15) is 0 Å². The summed E-state index contributed by atoms with van der Waals surface area (Å²) in [4.78, 5) is 17.7. The molecule has 5 nitrogen and oxygen atoms in total. The smallest absolute Gasteiger partial charge is 0.268 e. The molecule has 26 heavy (non-hydrogen) atoms. The molecule has 0 atom stereocenters. The van der Waals surface area contributed by atoms with Crippen LogP contribution in [0.2, 0.25) is 5.02 Å². The van der Waals surface area contributed by atoms with Gasteiger partial charge in [-0.3, -0.25) is 4.79 Å². The minimum Gasteiger partial charge on any atom is -0.368 e. The van der Waals surface area contributed by atoms with Crippen LogP contribution in [0.5, 0.6) is 0 Å². The van der Waals surface area contributed by atoms with Crippen molar-refractivity contribution in [2.24, 2.45) is 0 Å². The summed E-state index contributed by atoms with van der Waals surface area (Å²) in [5.41, 5.74) is 2.68. The third-order valence-electron chi connectivity index (χ3n) is 4.49. The maximum Gasteiger partial charge on any atom is 0.268 e. The van der Waals surface area contributed by atoms with E-state index < -0.39 is 0 Å². The van der Waals surface area contributed by atoms with Gasteiger partial charge in [0, 0.05) is 42.5 Å². The molecule has 1 amide bonds. The number of hydrogen-bond acceptors (Lipinski definition) is 5. The number of piperazine rings is 1. The SMILES string of the molecule is O=C(c1snnc1-c1ccc(Cl)cc1)N1CCN(c2ccccc2)CC1. The average molecular weight is 385 g/mol. The molecule has 3 aromatic rings. The van der Waals surface area contributed by atoms with Gasteiger partial charge in [0.05, 0.1) is 0 Å². The summed E-state index contributed by atoms with van der Waals surface area (Å²) in [5.74, 6) is -0.00217. The quantitative estimate of drug-likeness (QED) is 0.688. The van der Waals surface area contributed by atoms with Crippen molar-refractivity contribution in [2.45, 2.75) is 0 Å². The van der Waals surface area contributed by atoms with Gasteiger partial charge in [0.25, 0.3) is 5.91 Å². The minimum absolute atomic E-state index is 0.00217. The van der Waals surface area contributed by atoms with E-state index in [2.05, 4.69) is 26.6 Å². The highest BCUT2D eigenvalue weighted by Crippen LogP contribution is 2.27. The highest BCUT2D eigenvalue weighted by molar-refractivity contribution is 7.08. The lowest BCUT2D eigenvalue weighted by molar-refractivity contribution is 0.0752. The number of halogens is 1. The molecule has 132 valence electrons. The lowest BCUT2D eigenvalue weighted by Crippen LogP contribution is -2.48. The van der Waals surface area contributed by atoms with E-state index in [0.29, 0.717) is 28.7 Å². The van der Waals surface area contributed by atoms with E-state index in [1.165, 1.54) is 5.69 Å². The second kappa shape index (κ2) is 7.43. The van der Waals surface area contributed by atoms with Gasteiger partial charge < -0.3 is 9.80 Å². The van der Waals surface area contributed by atoms with Crippen LogP contribution < -0.4 is 4.90 Å². The fraction of sp³-hybridized carbons (Fsp3) is 0.211. The number of aromatic nitrogens is 2. The van der Waals surface area contributed by atoms with Gasteiger partial charge in [-0.15, -0.1) is 5.10 Å². The van der Waals surface area contributed by atoms with Crippen molar-refractivity contribution in [1.82, 2.24) is 14.5 Å². The summed E-state index contributed by atoms with van der Waals surface area (Å²) >= 11 is 7.10. The average Bonchev–Trinajstić information content (AvgIpc) is 3.19. The number of anilines is 1. The van der Waals surface area contributed by atoms with E-state index in [1.54, 1.807) is 12.1 Å².